The van der Waals surface area contributed by atoms with E-state index in [9.17, 15) is 0 Å². The summed E-state index contributed by atoms with van der Waals surface area (Å²) in [5.74, 6) is 1.50. The van der Waals surface area contributed by atoms with E-state index in [1.807, 2.05) is 34.0 Å². The van der Waals surface area contributed by atoms with Gasteiger partial charge in [-0.3, -0.25) is 0 Å². The van der Waals surface area contributed by atoms with Crippen molar-refractivity contribution in [2.24, 2.45) is 5.10 Å². The topological polar surface area (TPSA) is 52.3 Å². The summed E-state index contributed by atoms with van der Waals surface area (Å²) in [5.41, 5.74) is 0.775. The van der Waals surface area contributed by atoms with Gasteiger partial charge in [0.15, 0.2) is 11.6 Å². The largest absolute Gasteiger partial charge is 0.488 e. The van der Waals surface area contributed by atoms with E-state index in [-0.39, 0.29) is 12.0 Å². The highest BCUT2D eigenvalue weighted by molar-refractivity contribution is 7.98. The lowest BCUT2D eigenvalue weighted by atomic mass is 10.2. The Bertz CT molecular complexity index is 721. The predicted octanol–water partition coefficient (Wildman–Crippen LogP) is 5.10. The van der Waals surface area contributed by atoms with Crippen LogP contribution in [0.2, 0.25) is 10.0 Å². The lowest BCUT2D eigenvalue weighted by Gasteiger charge is -2.13. The number of aromatic nitrogens is 3. The van der Waals surface area contributed by atoms with Gasteiger partial charge < -0.3 is 4.74 Å². The summed E-state index contributed by atoms with van der Waals surface area (Å²) in [7, 11) is 0. The zero-order valence-electron chi connectivity index (χ0n) is 14.2. The smallest absolute Gasteiger partial charge is 0.211 e. The fourth-order valence-corrected chi connectivity index (χ4v) is 3.03. The lowest BCUT2D eigenvalue weighted by molar-refractivity contribution is 0.243. The van der Waals surface area contributed by atoms with Crippen LogP contribution < -0.4 is 4.74 Å². The molecular formula is C16H20Cl2N4OS. The number of thioether (sulfide) groups is 1. The summed E-state index contributed by atoms with van der Waals surface area (Å²) in [4.78, 5) is 0. The van der Waals surface area contributed by atoms with Crippen molar-refractivity contribution in [3.05, 3.63) is 33.6 Å². The monoisotopic (exact) mass is 386 g/mol. The van der Waals surface area contributed by atoms with Gasteiger partial charge in [0.05, 0.1) is 22.4 Å². The Morgan fingerprint density at radius 1 is 1.17 bits per heavy atom. The van der Waals surface area contributed by atoms with E-state index in [1.165, 1.54) is 11.8 Å². The van der Waals surface area contributed by atoms with Crippen molar-refractivity contribution < 1.29 is 4.74 Å². The van der Waals surface area contributed by atoms with Crippen molar-refractivity contribution in [2.75, 3.05) is 6.26 Å². The van der Waals surface area contributed by atoms with Crippen LogP contribution in [0.1, 0.15) is 45.0 Å². The highest BCUT2D eigenvalue weighted by atomic mass is 35.5. The van der Waals surface area contributed by atoms with Gasteiger partial charge in [-0.1, -0.05) is 48.8 Å². The van der Waals surface area contributed by atoms with E-state index in [1.54, 1.807) is 23.0 Å². The van der Waals surface area contributed by atoms with Crippen molar-refractivity contribution in [1.82, 2.24) is 14.9 Å². The molecular weight excluding hydrogens is 367 g/mol. The van der Waals surface area contributed by atoms with Crippen LogP contribution in [0.3, 0.4) is 0 Å². The molecule has 0 radical (unpaired) electrons. The van der Waals surface area contributed by atoms with Gasteiger partial charge in [0.2, 0.25) is 5.16 Å². The van der Waals surface area contributed by atoms with Gasteiger partial charge in [0.1, 0.15) is 0 Å². The molecule has 8 heteroatoms. The highest BCUT2D eigenvalue weighted by Crippen LogP contribution is 2.34. The normalized spacial score (nSPS) is 11.9. The highest BCUT2D eigenvalue weighted by Gasteiger charge is 2.14. The Hall–Kier alpha value is -1.24. The first-order valence-corrected chi connectivity index (χ1v) is 9.50. The third-order valence-corrected chi connectivity index (χ3v) is 4.21. The summed E-state index contributed by atoms with van der Waals surface area (Å²) in [6.45, 7) is 7.94. The summed E-state index contributed by atoms with van der Waals surface area (Å²) < 4.78 is 7.36. The van der Waals surface area contributed by atoms with Crippen LogP contribution in [0.15, 0.2) is 22.4 Å². The zero-order valence-corrected chi connectivity index (χ0v) is 16.6. The SMILES string of the molecule is CSc1nnc(C(C)C)n1/N=C\c1cc(Cl)c(OC(C)C)c(Cl)c1. The molecule has 0 saturated carbocycles. The summed E-state index contributed by atoms with van der Waals surface area (Å²) in [6.07, 6.45) is 3.62. The third-order valence-electron chi connectivity index (χ3n) is 3.03. The Morgan fingerprint density at radius 3 is 2.29 bits per heavy atom. The molecule has 0 saturated heterocycles. The number of ether oxygens (including phenoxy) is 1. The van der Waals surface area contributed by atoms with Gasteiger partial charge >= 0.3 is 0 Å². The molecule has 1 aromatic heterocycles. The maximum absolute atomic E-state index is 6.27. The van der Waals surface area contributed by atoms with Gasteiger partial charge in [0.25, 0.3) is 0 Å². The minimum atomic E-state index is -0.00530. The molecule has 130 valence electrons. The molecule has 0 unspecified atom stereocenters. The quantitative estimate of drug-likeness (QED) is 0.511. The van der Waals surface area contributed by atoms with E-state index in [0.717, 1.165) is 16.5 Å². The Balaban J connectivity index is 2.35. The van der Waals surface area contributed by atoms with Crippen LogP contribution in [0.25, 0.3) is 0 Å². The maximum Gasteiger partial charge on any atom is 0.211 e. The molecule has 0 fully saturated rings. The van der Waals surface area contributed by atoms with Gasteiger partial charge in [-0.15, -0.1) is 10.2 Å². The molecule has 24 heavy (non-hydrogen) atoms. The van der Waals surface area contributed by atoms with Crippen molar-refractivity contribution >= 4 is 41.2 Å². The lowest BCUT2D eigenvalue weighted by Crippen LogP contribution is -2.06. The maximum atomic E-state index is 6.27. The fourth-order valence-electron chi connectivity index (χ4n) is 2.00. The van der Waals surface area contributed by atoms with Crippen LogP contribution in [0.4, 0.5) is 0 Å². The van der Waals surface area contributed by atoms with E-state index >= 15 is 0 Å². The summed E-state index contributed by atoms with van der Waals surface area (Å²) >= 11 is 14.0. The molecule has 1 heterocycles. The average Bonchev–Trinajstić information content (AvgIpc) is 2.91. The fraction of sp³-hybridized carbons (Fsp3) is 0.438. The van der Waals surface area contributed by atoms with Crippen molar-refractivity contribution in [3.8, 4) is 5.75 Å². The second-order valence-corrected chi connectivity index (χ2v) is 7.32. The number of nitrogens with zero attached hydrogens (tertiary/aromatic N) is 4. The molecule has 1 aromatic carbocycles. The molecule has 0 N–H and O–H groups in total. The van der Waals surface area contributed by atoms with Crippen LogP contribution >= 0.6 is 35.0 Å². The molecule has 0 aliphatic carbocycles. The Kier molecular flexibility index (Phi) is 6.54. The first-order valence-electron chi connectivity index (χ1n) is 7.52. The van der Waals surface area contributed by atoms with E-state index in [0.29, 0.717) is 15.8 Å². The molecule has 0 amide bonds. The number of hydrogen-bond donors (Lipinski definition) is 0. The average molecular weight is 387 g/mol. The minimum absolute atomic E-state index is 0.00530. The molecule has 0 spiro atoms. The Morgan fingerprint density at radius 2 is 1.79 bits per heavy atom. The van der Waals surface area contributed by atoms with Gasteiger partial charge in [0, 0.05) is 5.92 Å². The van der Waals surface area contributed by atoms with Crippen molar-refractivity contribution in [2.45, 2.75) is 44.9 Å². The van der Waals surface area contributed by atoms with Crippen LogP contribution in [-0.4, -0.2) is 33.4 Å². The number of benzene rings is 1. The third kappa shape index (κ3) is 4.43. The standard InChI is InChI=1S/C16H20Cl2N4OS/c1-9(2)15-20-21-16(24-5)22(15)19-8-11-6-12(17)14(13(18)7-11)23-10(3)4/h6-10H,1-5H3/b19-8-. The summed E-state index contributed by atoms with van der Waals surface area (Å²) in [5, 5.41) is 14.5. The van der Waals surface area contributed by atoms with Gasteiger partial charge in [-0.05, 0) is 37.8 Å². The first kappa shape index (κ1) is 19.1. The van der Waals surface area contributed by atoms with Crippen LogP contribution in [0.5, 0.6) is 5.75 Å². The molecule has 0 bridgehead atoms. The first-order chi connectivity index (χ1) is 11.3. The second-order valence-electron chi connectivity index (χ2n) is 5.74. The minimum Gasteiger partial charge on any atom is -0.488 e. The van der Waals surface area contributed by atoms with Crippen LogP contribution in [0, 0.1) is 0 Å². The molecule has 2 rings (SSSR count). The zero-order chi connectivity index (χ0) is 17.9. The molecule has 0 aliphatic heterocycles. The number of hydrogen-bond acceptors (Lipinski definition) is 5. The number of rotatable bonds is 6. The predicted molar refractivity (Wildman–Crippen MR) is 101 cm³/mol. The molecule has 2 aromatic rings. The van der Waals surface area contributed by atoms with Crippen molar-refractivity contribution in [1.29, 1.82) is 0 Å². The van der Waals surface area contributed by atoms with Crippen molar-refractivity contribution in [3.63, 3.8) is 0 Å². The molecule has 0 aliphatic rings. The van der Waals surface area contributed by atoms with Gasteiger partial charge in [-0.25, -0.2) is 0 Å². The van der Waals surface area contributed by atoms with E-state index in [2.05, 4.69) is 15.3 Å². The van der Waals surface area contributed by atoms with E-state index in [4.69, 9.17) is 27.9 Å². The summed E-state index contributed by atoms with van der Waals surface area (Å²) in [6, 6.07) is 3.54. The van der Waals surface area contributed by atoms with Crippen LogP contribution in [-0.2, 0) is 0 Å². The number of halogens is 2. The molecule has 5 nitrogen and oxygen atoms in total. The Labute approximate surface area is 156 Å². The van der Waals surface area contributed by atoms with E-state index < -0.39 is 0 Å². The second kappa shape index (κ2) is 8.23. The van der Waals surface area contributed by atoms with Gasteiger partial charge in [-0.2, -0.15) is 9.78 Å². The molecule has 0 atom stereocenters.